The molecule has 5 nitrogen and oxygen atoms in total. The van der Waals surface area contributed by atoms with Crippen molar-refractivity contribution in [2.75, 3.05) is 13.7 Å². The number of aryl methyl sites for hydroxylation is 1. The number of methoxy groups -OCH3 is 1. The lowest BCUT2D eigenvalue weighted by Crippen LogP contribution is -2.11. The van der Waals surface area contributed by atoms with Gasteiger partial charge in [-0.25, -0.2) is 4.98 Å². The number of hydrogen-bond donors (Lipinski definition) is 1. The van der Waals surface area contributed by atoms with Crippen LogP contribution < -0.4 is 10.1 Å². The molecule has 2 aromatic heterocycles. The Bertz CT molecular complexity index is 536. The van der Waals surface area contributed by atoms with Gasteiger partial charge in [-0.15, -0.1) is 0 Å². The van der Waals surface area contributed by atoms with Gasteiger partial charge in [-0.2, -0.15) is 0 Å². The van der Waals surface area contributed by atoms with Crippen LogP contribution in [-0.4, -0.2) is 28.2 Å². The van der Waals surface area contributed by atoms with E-state index in [2.05, 4.69) is 22.2 Å². The second-order valence-corrected chi connectivity index (χ2v) is 4.46. The predicted octanol–water partition coefficient (Wildman–Crippen LogP) is 1.75. The molecule has 0 amide bonds. The first-order valence-electron chi connectivity index (χ1n) is 6.44. The van der Waals surface area contributed by atoms with Crippen molar-refractivity contribution in [1.29, 1.82) is 0 Å². The number of nitrogens with one attached hydrogen (secondary N) is 1. The average Bonchev–Trinajstić information content (AvgIpc) is 2.83. The van der Waals surface area contributed by atoms with Gasteiger partial charge in [0.1, 0.15) is 5.75 Å². The van der Waals surface area contributed by atoms with Gasteiger partial charge in [-0.05, 0) is 13.5 Å². The van der Waals surface area contributed by atoms with Gasteiger partial charge in [0, 0.05) is 30.6 Å². The molecule has 0 aliphatic heterocycles. The molecule has 0 saturated carbocycles. The Morgan fingerprint density at radius 2 is 2.16 bits per heavy atom. The highest BCUT2D eigenvalue weighted by atomic mass is 16.5. The van der Waals surface area contributed by atoms with Gasteiger partial charge in [0.25, 0.3) is 0 Å². The van der Waals surface area contributed by atoms with Crippen molar-refractivity contribution in [2.45, 2.75) is 26.9 Å². The molecular weight excluding hydrogens is 240 g/mol. The number of aromatic nitrogens is 3. The smallest absolute Gasteiger partial charge is 0.122 e. The van der Waals surface area contributed by atoms with E-state index in [-0.39, 0.29) is 0 Å². The van der Waals surface area contributed by atoms with E-state index >= 15 is 0 Å². The zero-order valence-electron chi connectivity index (χ0n) is 11.7. The third kappa shape index (κ3) is 3.79. The molecule has 0 aromatic carbocycles. The highest BCUT2D eigenvalue weighted by Crippen LogP contribution is 2.14. The van der Waals surface area contributed by atoms with Gasteiger partial charge in [0.05, 0.1) is 31.4 Å². The fraction of sp³-hybridized carbons (Fsp3) is 0.429. The first-order valence-corrected chi connectivity index (χ1v) is 6.44. The molecule has 0 aliphatic carbocycles. The van der Waals surface area contributed by atoms with Gasteiger partial charge >= 0.3 is 0 Å². The lowest BCUT2D eigenvalue weighted by molar-refractivity contribution is 0.413. The summed E-state index contributed by atoms with van der Waals surface area (Å²) in [6.07, 6.45) is 3.88. The van der Waals surface area contributed by atoms with E-state index in [4.69, 9.17) is 4.74 Å². The molecule has 0 radical (unpaired) electrons. The molecule has 102 valence electrons. The zero-order chi connectivity index (χ0) is 13.7. The highest BCUT2D eigenvalue weighted by molar-refractivity contribution is 5.26. The van der Waals surface area contributed by atoms with Crippen LogP contribution >= 0.6 is 0 Å². The van der Waals surface area contributed by atoms with E-state index in [1.165, 1.54) is 0 Å². The van der Waals surface area contributed by atoms with Crippen LogP contribution in [0.5, 0.6) is 5.75 Å². The Hall–Kier alpha value is -1.88. The summed E-state index contributed by atoms with van der Waals surface area (Å²) < 4.78 is 7.29. The number of nitrogens with zero attached hydrogens (tertiary/aromatic N) is 3. The summed E-state index contributed by atoms with van der Waals surface area (Å²) in [4.78, 5) is 8.86. The summed E-state index contributed by atoms with van der Waals surface area (Å²) >= 11 is 0. The first-order chi connectivity index (χ1) is 9.21. The van der Waals surface area contributed by atoms with Gasteiger partial charge < -0.3 is 14.6 Å². The summed E-state index contributed by atoms with van der Waals surface area (Å²) in [5.74, 6) is 0.843. The minimum Gasteiger partial charge on any atom is -0.497 e. The molecule has 0 bridgehead atoms. The van der Waals surface area contributed by atoms with Crippen molar-refractivity contribution in [2.24, 2.45) is 0 Å². The van der Waals surface area contributed by atoms with Crippen LogP contribution in [0.2, 0.25) is 0 Å². The molecule has 0 unspecified atom stereocenters. The monoisotopic (exact) mass is 260 g/mol. The normalized spacial score (nSPS) is 10.7. The lowest BCUT2D eigenvalue weighted by Gasteiger charge is -2.06. The minimum atomic E-state index is 0.706. The third-order valence-electron chi connectivity index (χ3n) is 2.80. The molecule has 19 heavy (non-hydrogen) atoms. The Kier molecular flexibility index (Phi) is 4.52. The van der Waals surface area contributed by atoms with Crippen LogP contribution in [0.3, 0.4) is 0 Å². The van der Waals surface area contributed by atoms with Crippen molar-refractivity contribution in [3.05, 3.63) is 41.7 Å². The Labute approximate surface area is 113 Å². The number of rotatable bonds is 6. The second-order valence-electron chi connectivity index (χ2n) is 4.46. The van der Waals surface area contributed by atoms with Gasteiger partial charge in [0.15, 0.2) is 0 Å². The van der Waals surface area contributed by atoms with Gasteiger partial charge in [0.2, 0.25) is 0 Å². The van der Waals surface area contributed by atoms with Crippen LogP contribution in [0.25, 0.3) is 0 Å². The van der Waals surface area contributed by atoms with Crippen LogP contribution in [0.4, 0.5) is 0 Å². The molecule has 5 heteroatoms. The van der Waals surface area contributed by atoms with E-state index in [1.54, 1.807) is 7.11 Å². The standard InChI is InChI=1S/C14H20N4O/c1-4-15-7-13-9-18(10-16-13)8-12-6-14(19-3)5-11(2)17-12/h5-6,9-10,15H,4,7-8H2,1-3H3. The Balaban J connectivity index is 2.08. The third-order valence-corrected chi connectivity index (χ3v) is 2.80. The fourth-order valence-electron chi connectivity index (χ4n) is 1.93. The van der Waals surface area contributed by atoms with Gasteiger partial charge in [-0.3, -0.25) is 4.98 Å². The van der Waals surface area contributed by atoms with Crippen LogP contribution in [0.1, 0.15) is 24.0 Å². The summed E-state index contributed by atoms with van der Waals surface area (Å²) in [5.41, 5.74) is 2.98. The van der Waals surface area contributed by atoms with Crippen LogP contribution in [0.15, 0.2) is 24.7 Å². The molecule has 0 atom stereocenters. The first kappa shape index (κ1) is 13.5. The maximum Gasteiger partial charge on any atom is 0.122 e. The number of pyridine rings is 1. The zero-order valence-corrected chi connectivity index (χ0v) is 11.7. The molecule has 0 fully saturated rings. The quantitative estimate of drug-likeness (QED) is 0.859. The molecule has 2 rings (SSSR count). The largest absolute Gasteiger partial charge is 0.497 e. The van der Waals surface area contributed by atoms with Gasteiger partial charge in [-0.1, -0.05) is 6.92 Å². The topological polar surface area (TPSA) is 52.0 Å². The van der Waals surface area contributed by atoms with Crippen molar-refractivity contribution >= 4 is 0 Å². The maximum atomic E-state index is 5.26. The van der Waals surface area contributed by atoms with E-state index in [0.29, 0.717) is 6.54 Å². The lowest BCUT2D eigenvalue weighted by atomic mass is 10.3. The van der Waals surface area contributed by atoms with Crippen LogP contribution in [0, 0.1) is 6.92 Å². The van der Waals surface area contributed by atoms with Crippen molar-refractivity contribution in [3.63, 3.8) is 0 Å². The number of hydrogen-bond acceptors (Lipinski definition) is 4. The molecule has 0 aliphatic rings. The fourth-order valence-corrected chi connectivity index (χ4v) is 1.93. The molecular formula is C14H20N4O. The molecule has 2 aromatic rings. The molecule has 2 heterocycles. The van der Waals surface area contributed by atoms with Crippen molar-refractivity contribution in [1.82, 2.24) is 19.9 Å². The number of imidazole rings is 1. The second kappa shape index (κ2) is 6.33. The Morgan fingerprint density at radius 3 is 2.89 bits per heavy atom. The van der Waals surface area contributed by atoms with Crippen LogP contribution in [-0.2, 0) is 13.1 Å². The van der Waals surface area contributed by atoms with E-state index in [0.717, 1.165) is 35.9 Å². The Morgan fingerprint density at radius 1 is 1.32 bits per heavy atom. The number of ether oxygens (including phenoxy) is 1. The molecule has 0 spiro atoms. The predicted molar refractivity (Wildman–Crippen MR) is 74.2 cm³/mol. The summed E-state index contributed by atoms with van der Waals surface area (Å²) in [7, 11) is 1.67. The van der Waals surface area contributed by atoms with Crippen molar-refractivity contribution in [3.8, 4) is 5.75 Å². The van der Waals surface area contributed by atoms with E-state index in [1.807, 2.05) is 36.1 Å². The van der Waals surface area contributed by atoms with E-state index < -0.39 is 0 Å². The molecule has 0 saturated heterocycles. The average molecular weight is 260 g/mol. The summed E-state index contributed by atoms with van der Waals surface area (Å²) in [6.45, 7) is 6.51. The maximum absolute atomic E-state index is 5.26. The SMILES string of the molecule is CCNCc1cn(Cc2cc(OC)cc(C)n2)cn1. The summed E-state index contributed by atoms with van der Waals surface area (Å²) in [6, 6.07) is 3.88. The summed E-state index contributed by atoms with van der Waals surface area (Å²) in [5, 5.41) is 3.26. The van der Waals surface area contributed by atoms with Crippen molar-refractivity contribution < 1.29 is 4.74 Å². The molecule has 1 N–H and O–H groups in total. The highest BCUT2D eigenvalue weighted by Gasteiger charge is 2.03. The van der Waals surface area contributed by atoms with E-state index in [9.17, 15) is 0 Å². The minimum absolute atomic E-state index is 0.706.